The second-order valence-corrected chi connectivity index (χ2v) is 11.3. The molecule has 1 fully saturated rings. The minimum atomic E-state index is -1.02. The van der Waals surface area contributed by atoms with E-state index in [9.17, 15) is 19.5 Å². The van der Waals surface area contributed by atoms with Gasteiger partial charge in [-0.3, -0.25) is 24.2 Å². The Hall–Kier alpha value is -3.66. The van der Waals surface area contributed by atoms with E-state index in [0.29, 0.717) is 36.6 Å². The maximum absolute atomic E-state index is 15.4. The highest BCUT2D eigenvalue weighted by atomic mass is 32.1. The average molecular weight is 551 g/mol. The SMILES string of the molecule is CN(C(=O)C(CC(=O)O)CC1CCCC1)c1nc(-c2ccccc2-c2cnc3c(c2)CCC(=O)N3C)c(F)s1. The monoisotopic (exact) mass is 550 g/mol. The van der Waals surface area contributed by atoms with Crippen molar-refractivity contribution in [3.8, 4) is 22.4 Å². The second-order valence-electron chi connectivity index (χ2n) is 10.4. The lowest BCUT2D eigenvalue weighted by atomic mass is 9.90. The van der Waals surface area contributed by atoms with Crippen molar-refractivity contribution in [2.24, 2.45) is 11.8 Å². The van der Waals surface area contributed by atoms with Crippen molar-refractivity contribution in [3.05, 3.63) is 47.2 Å². The molecule has 39 heavy (non-hydrogen) atoms. The number of carbonyl (C=O) groups excluding carboxylic acids is 2. The summed E-state index contributed by atoms with van der Waals surface area (Å²) in [5.74, 6) is -1.06. The van der Waals surface area contributed by atoms with Crippen LogP contribution in [0.3, 0.4) is 0 Å². The number of aliphatic carboxylic acids is 1. The number of benzene rings is 1. The van der Waals surface area contributed by atoms with E-state index in [-0.39, 0.29) is 29.1 Å². The molecule has 0 saturated heterocycles. The Bertz CT molecular complexity index is 1420. The number of thiazole rings is 1. The van der Waals surface area contributed by atoms with E-state index < -0.39 is 17.0 Å². The van der Waals surface area contributed by atoms with Crippen molar-refractivity contribution < 1.29 is 23.9 Å². The van der Waals surface area contributed by atoms with E-state index in [1.54, 1.807) is 30.3 Å². The Morgan fingerprint density at radius 1 is 1.21 bits per heavy atom. The number of carboxylic acid groups (broad SMARTS) is 1. The van der Waals surface area contributed by atoms with Gasteiger partial charge in [0.2, 0.25) is 16.9 Å². The van der Waals surface area contributed by atoms with Gasteiger partial charge in [-0.25, -0.2) is 9.97 Å². The molecule has 3 aromatic rings. The molecule has 0 spiro atoms. The van der Waals surface area contributed by atoms with Crippen LogP contribution in [0.4, 0.5) is 15.3 Å². The molecule has 2 amide bonds. The third-order valence-corrected chi connectivity index (χ3v) is 8.71. The number of rotatable bonds is 8. The topological polar surface area (TPSA) is 104 Å². The van der Waals surface area contributed by atoms with Crippen molar-refractivity contribution in [3.63, 3.8) is 0 Å². The van der Waals surface area contributed by atoms with Gasteiger partial charge in [-0.05, 0) is 36.0 Å². The molecule has 1 atom stereocenters. The van der Waals surface area contributed by atoms with Crippen LogP contribution in [0.5, 0.6) is 0 Å². The van der Waals surface area contributed by atoms with Gasteiger partial charge >= 0.3 is 5.97 Å². The lowest BCUT2D eigenvalue weighted by Crippen LogP contribution is -2.35. The molecule has 1 aromatic carbocycles. The molecule has 8 nitrogen and oxygen atoms in total. The fraction of sp³-hybridized carbons (Fsp3) is 0.414. The second kappa shape index (κ2) is 11.2. The Labute approximate surface area is 230 Å². The van der Waals surface area contributed by atoms with Gasteiger partial charge in [-0.1, -0.05) is 61.3 Å². The molecular formula is C29H31FN4O4S. The van der Waals surface area contributed by atoms with E-state index in [2.05, 4.69) is 9.97 Å². The molecule has 10 heteroatoms. The first kappa shape index (κ1) is 26.9. The Morgan fingerprint density at radius 2 is 1.92 bits per heavy atom. The minimum absolute atomic E-state index is 0.0210. The number of hydrogen-bond acceptors (Lipinski definition) is 6. The van der Waals surface area contributed by atoms with Crippen molar-refractivity contribution in [2.45, 2.75) is 51.4 Å². The molecule has 0 bridgehead atoms. The maximum atomic E-state index is 15.4. The van der Waals surface area contributed by atoms with Gasteiger partial charge in [0.05, 0.1) is 6.42 Å². The van der Waals surface area contributed by atoms with Gasteiger partial charge in [-0.15, -0.1) is 0 Å². The first-order valence-corrected chi connectivity index (χ1v) is 14.1. The third-order valence-electron chi connectivity index (χ3n) is 7.79. The first-order chi connectivity index (χ1) is 18.7. The van der Waals surface area contributed by atoms with Crippen LogP contribution in [0.2, 0.25) is 0 Å². The first-order valence-electron chi connectivity index (χ1n) is 13.2. The lowest BCUT2D eigenvalue weighted by molar-refractivity contribution is -0.140. The van der Waals surface area contributed by atoms with Crippen molar-refractivity contribution in [2.75, 3.05) is 23.9 Å². The summed E-state index contributed by atoms with van der Waals surface area (Å²) in [5, 5.41) is 9.09. The molecule has 3 heterocycles. The van der Waals surface area contributed by atoms with Crippen LogP contribution >= 0.6 is 11.3 Å². The Kier molecular flexibility index (Phi) is 7.74. The van der Waals surface area contributed by atoms with Gasteiger partial charge in [0.25, 0.3) is 0 Å². The largest absolute Gasteiger partial charge is 0.481 e. The molecular weight excluding hydrogens is 519 g/mol. The average Bonchev–Trinajstić information content (AvgIpc) is 3.58. The number of aromatic nitrogens is 2. The number of amides is 2. The van der Waals surface area contributed by atoms with Crippen LogP contribution in [0.1, 0.15) is 50.5 Å². The van der Waals surface area contributed by atoms with Gasteiger partial charge in [-0.2, -0.15) is 4.39 Å². The summed E-state index contributed by atoms with van der Waals surface area (Å²) >= 11 is 0.772. The quantitative estimate of drug-likeness (QED) is 0.394. The molecule has 0 radical (unpaired) electrons. The van der Waals surface area contributed by atoms with Crippen LogP contribution in [0, 0.1) is 17.0 Å². The summed E-state index contributed by atoms with van der Waals surface area (Å²) in [6.07, 6.45) is 7.14. The van der Waals surface area contributed by atoms with E-state index in [0.717, 1.165) is 53.7 Å². The van der Waals surface area contributed by atoms with E-state index in [1.807, 2.05) is 18.2 Å². The Balaban J connectivity index is 1.44. The lowest BCUT2D eigenvalue weighted by Gasteiger charge is -2.25. The summed E-state index contributed by atoms with van der Waals surface area (Å²) in [4.78, 5) is 48.8. The molecule has 2 aliphatic rings. The zero-order valence-corrected chi connectivity index (χ0v) is 22.8. The highest BCUT2D eigenvalue weighted by Crippen LogP contribution is 2.39. The molecule has 1 saturated carbocycles. The van der Waals surface area contributed by atoms with Crippen molar-refractivity contribution in [1.29, 1.82) is 0 Å². The number of halogens is 1. The zero-order valence-electron chi connectivity index (χ0n) is 22.0. The fourth-order valence-electron chi connectivity index (χ4n) is 5.70. The van der Waals surface area contributed by atoms with Crippen molar-refractivity contribution >= 4 is 40.1 Å². The number of fused-ring (bicyclic) bond motifs is 1. The molecule has 1 aliphatic heterocycles. The fourth-order valence-corrected chi connectivity index (χ4v) is 6.48. The van der Waals surface area contributed by atoms with E-state index >= 15 is 4.39 Å². The number of anilines is 2. The van der Waals surface area contributed by atoms with Gasteiger partial charge in [0.1, 0.15) is 11.5 Å². The van der Waals surface area contributed by atoms with Crippen LogP contribution in [0.25, 0.3) is 22.4 Å². The van der Waals surface area contributed by atoms with Crippen molar-refractivity contribution in [1.82, 2.24) is 9.97 Å². The number of nitrogens with zero attached hydrogens (tertiary/aromatic N) is 4. The summed E-state index contributed by atoms with van der Waals surface area (Å²) < 4.78 is 15.4. The number of carbonyl (C=O) groups is 3. The normalized spacial score (nSPS) is 16.3. The zero-order chi connectivity index (χ0) is 27.7. The Morgan fingerprint density at radius 3 is 2.64 bits per heavy atom. The van der Waals surface area contributed by atoms with Gasteiger partial charge < -0.3 is 5.11 Å². The maximum Gasteiger partial charge on any atom is 0.304 e. The number of carboxylic acids is 1. The predicted octanol–water partition coefficient (Wildman–Crippen LogP) is 5.55. The molecule has 1 unspecified atom stereocenters. The number of hydrogen-bond donors (Lipinski definition) is 1. The minimum Gasteiger partial charge on any atom is -0.481 e. The van der Waals surface area contributed by atoms with E-state index in [1.165, 1.54) is 11.9 Å². The smallest absolute Gasteiger partial charge is 0.304 e. The van der Waals surface area contributed by atoms with E-state index in [4.69, 9.17) is 0 Å². The standard InChI is InChI=1S/C29H31FN4O4S/c1-33-23(35)12-11-18-14-20(16-31-27(18)33)21-9-5-6-10-22(21)25-26(30)39-29(32-25)34(2)28(38)19(15-24(36)37)13-17-7-3-4-8-17/h5-6,9-10,14,16-17,19H,3-4,7-8,11-13,15H2,1-2H3,(H,36,37). The molecule has 5 rings (SSSR count). The van der Waals surface area contributed by atoms with Crippen LogP contribution in [-0.2, 0) is 20.8 Å². The molecule has 204 valence electrons. The predicted molar refractivity (Wildman–Crippen MR) is 148 cm³/mol. The van der Waals surface area contributed by atoms with Gasteiger partial charge in [0.15, 0.2) is 5.13 Å². The third kappa shape index (κ3) is 5.56. The molecule has 1 N–H and O–H groups in total. The number of aryl methyl sites for hydroxylation is 1. The summed E-state index contributed by atoms with van der Waals surface area (Å²) in [6.45, 7) is 0. The summed E-state index contributed by atoms with van der Waals surface area (Å²) in [6, 6.07) is 9.28. The summed E-state index contributed by atoms with van der Waals surface area (Å²) in [7, 11) is 3.24. The molecule has 1 aliphatic carbocycles. The van der Waals surface area contributed by atoms with Crippen LogP contribution in [0.15, 0.2) is 36.5 Å². The highest BCUT2D eigenvalue weighted by molar-refractivity contribution is 7.14. The van der Waals surface area contributed by atoms with Gasteiger partial charge in [0, 0.05) is 43.8 Å². The molecule has 2 aromatic heterocycles. The summed E-state index contributed by atoms with van der Waals surface area (Å²) in [5.41, 5.74) is 3.15. The van der Waals surface area contributed by atoms with Crippen LogP contribution in [-0.4, -0.2) is 47.0 Å². The van der Waals surface area contributed by atoms with Crippen LogP contribution < -0.4 is 9.80 Å². The highest BCUT2D eigenvalue weighted by Gasteiger charge is 2.31. The number of pyridine rings is 1.